The molecule has 0 unspecified atom stereocenters. The maximum absolute atomic E-state index is 13.3. The van der Waals surface area contributed by atoms with Gasteiger partial charge in [-0.05, 0) is 23.8 Å². The largest absolute Gasteiger partial charge is 0.310 e. The van der Waals surface area contributed by atoms with E-state index in [1.54, 1.807) is 18.2 Å². The SMILES string of the molecule is O=C(Cc1ccc(F)cc1F)Nc1ccccn1. The minimum absolute atomic E-state index is 0.143. The topological polar surface area (TPSA) is 42.0 Å². The number of pyridine rings is 1. The molecule has 0 fully saturated rings. The van der Waals surface area contributed by atoms with Gasteiger partial charge in [-0.25, -0.2) is 13.8 Å². The smallest absolute Gasteiger partial charge is 0.230 e. The molecular formula is C13H10F2N2O. The van der Waals surface area contributed by atoms with Gasteiger partial charge in [-0.3, -0.25) is 4.79 Å². The Hall–Kier alpha value is -2.30. The number of hydrogen-bond acceptors (Lipinski definition) is 2. The summed E-state index contributed by atoms with van der Waals surface area (Å²) in [5, 5.41) is 2.52. The van der Waals surface area contributed by atoms with E-state index in [1.807, 2.05) is 0 Å². The Kier molecular flexibility index (Phi) is 3.62. The molecule has 0 aliphatic carbocycles. The fourth-order valence-corrected chi connectivity index (χ4v) is 1.46. The van der Waals surface area contributed by atoms with Gasteiger partial charge in [-0.2, -0.15) is 0 Å². The van der Waals surface area contributed by atoms with Gasteiger partial charge < -0.3 is 5.32 Å². The van der Waals surface area contributed by atoms with Crippen LogP contribution in [0.15, 0.2) is 42.6 Å². The van der Waals surface area contributed by atoms with E-state index in [-0.39, 0.29) is 12.0 Å². The van der Waals surface area contributed by atoms with Crippen LogP contribution in [0.5, 0.6) is 0 Å². The first-order chi connectivity index (χ1) is 8.65. The van der Waals surface area contributed by atoms with Crippen molar-refractivity contribution < 1.29 is 13.6 Å². The highest BCUT2D eigenvalue weighted by molar-refractivity contribution is 5.91. The minimum atomic E-state index is -0.730. The lowest BCUT2D eigenvalue weighted by Gasteiger charge is -2.05. The van der Waals surface area contributed by atoms with Crippen molar-refractivity contribution in [2.45, 2.75) is 6.42 Å². The number of amides is 1. The second kappa shape index (κ2) is 5.35. The Labute approximate surface area is 102 Å². The summed E-state index contributed by atoms with van der Waals surface area (Å²) in [6.07, 6.45) is 1.37. The lowest BCUT2D eigenvalue weighted by atomic mass is 10.1. The zero-order chi connectivity index (χ0) is 13.0. The number of nitrogens with one attached hydrogen (secondary N) is 1. The summed E-state index contributed by atoms with van der Waals surface area (Å²) in [5.41, 5.74) is 0.143. The van der Waals surface area contributed by atoms with E-state index in [2.05, 4.69) is 10.3 Å². The summed E-state index contributed by atoms with van der Waals surface area (Å²) < 4.78 is 26.0. The summed E-state index contributed by atoms with van der Waals surface area (Å²) in [6, 6.07) is 8.19. The van der Waals surface area contributed by atoms with Crippen molar-refractivity contribution >= 4 is 11.7 Å². The van der Waals surface area contributed by atoms with Gasteiger partial charge in [0.05, 0.1) is 6.42 Å². The number of hydrogen-bond donors (Lipinski definition) is 1. The van der Waals surface area contributed by atoms with Gasteiger partial charge in [0, 0.05) is 12.3 Å². The van der Waals surface area contributed by atoms with Crippen molar-refractivity contribution in [2.24, 2.45) is 0 Å². The molecule has 0 spiro atoms. The standard InChI is InChI=1S/C13H10F2N2O/c14-10-5-4-9(11(15)8-10)7-13(18)17-12-3-1-2-6-16-12/h1-6,8H,7H2,(H,16,17,18). The van der Waals surface area contributed by atoms with Gasteiger partial charge in [-0.1, -0.05) is 12.1 Å². The summed E-state index contributed by atoms with van der Waals surface area (Å²) in [4.78, 5) is 15.5. The summed E-state index contributed by atoms with van der Waals surface area (Å²) >= 11 is 0. The predicted octanol–water partition coefficient (Wildman–Crippen LogP) is 2.54. The van der Waals surface area contributed by atoms with Gasteiger partial charge in [0.2, 0.25) is 5.91 Å². The van der Waals surface area contributed by atoms with Crippen LogP contribution in [0.4, 0.5) is 14.6 Å². The van der Waals surface area contributed by atoms with E-state index in [4.69, 9.17) is 0 Å². The molecule has 1 N–H and O–H groups in total. The Morgan fingerprint density at radius 1 is 1.22 bits per heavy atom. The van der Waals surface area contributed by atoms with Crippen molar-refractivity contribution in [1.29, 1.82) is 0 Å². The molecule has 1 heterocycles. The fraction of sp³-hybridized carbons (Fsp3) is 0.0769. The normalized spacial score (nSPS) is 10.1. The van der Waals surface area contributed by atoms with Crippen LogP contribution in [0.25, 0.3) is 0 Å². The molecule has 0 aliphatic heterocycles. The van der Waals surface area contributed by atoms with Crippen molar-refractivity contribution in [3.8, 4) is 0 Å². The molecule has 1 aromatic heterocycles. The second-order valence-electron chi connectivity index (χ2n) is 3.68. The van der Waals surface area contributed by atoms with E-state index in [0.717, 1.165) is 12.1 Å². The molecule has 5 heteroatoms. The molecule has 3 nitrogen and oxygen atoms in total. The molecule has 0 saturated carbocycles. The Bertz CT molecular complexity index is 558. The van der Waals surface area contributed by atoms with Gasteiger partial charge in [-0.15, -0.1) is 0 Å². The quantitative estimate of drug-likeness (QED) is 0.906. The molecule has 2 rings (SSSR count). The summed E-state index contributed by atoms with van der Waals surface area (Å²) in [5.74, 6) is -1.41. The number of rotatable bonds is 3. The lowest BCUT2D eigenvalue weighted by molar-refractivity contribution is -0.115. The summed E-state index contributed by atoms with van der Waals surface area (Å²) in [6.45, 7) is 0. The lowest BCUT2D eigenvalue weighted by Crippen LogP contribution is -2.16. The third-order valence-corrected chi connectivity index (χ3v) is 2.30. The maximum Gasteiger partial charge on any atom is 0.230 e. The Balaban J connectivity index is 2.03. The van der Waals surface area contributed by atoms with Crippen LogP contribution in [0.3, 0.4) is 0 Å². The monoisotopic (exact) mass is 248 g/mol. The first kappa shape index (κ1) is 12.2. The fourth-order valence-electron chi connectivity index (χ4n) is 1.46. The van der Waals surface area contributed by atoms with Gasteiger partial charge in [0.25, 0.3) is 0 Å². The third-order valence-electron chi connectivity index (χ3n) is 2.30. The van der Waals surface area contributed by atoms with Crippen LogP contribution in [0.1, 0.15) is 5.56 Å². The molecular weight excluding hydrogens is 238 g/mol. The molecule has 1 aromatic carbocycles. The van der Waals surface area contributed by atoms with Crippen LogP contribution in [0.2, 0.25) is 0 Å². The molecule has 2 aromatic rings. The first-order valence-corrected chi connectivity index (χ1v) is 5.30. The van der Waals surface area contributed by atoms with Crippen molar-refractivity contribution in [2.75, 3.05) is 5.32 Å². The zero-order valence-electron chi connectivity index (χ0n) is 9.36. The molecule has 92 valence electrons. The van der Waals surface area contributed by atoms with E-state index in [9.17, 15) is 13.6 Å². The second-order valence-corrected chi connectivity index (χ2v) is 3.68. The molecule has 1 amide bonds. The van der Waals surface area contributed by atoms with E-state index >= 15 is 0 Å². The number of anilines is 1. The van der Waals surface area contributed by atoms with Crippen molar-refractivity contribution in [1.82, 2.24) is 4.98 Å². The molecule has 18 heavy (non-hydrogen) atoms. The molecule has 0 radical (unpaired) electrons. The molecule has 0 atom stereocenters. The Morgan fingerprint density at radius 2 is 2.06 bits per heavy atom. The minimum Gasteiger partial charge on any atom is -0.310 e. The van der Waals surface area contributed by atoms with Crippen LogP contribution in [-0.4, -0.2) is 10.9 Å². The number of benzene rings is 1. The van der Waals surface area contributed by atoms with Crippen LogP contribution in [-0.2, 0) is 11.2 Å². The number of nitrogens with zero attached hydrogens (tertiary/aromatic N) is 1. The van der Waals surface area contributed by atoms with Crippen LogP contribution >= 0.6 is 0 Å². The van der Waals surface area contributed by atoms with E-state index in [0.29, 0.717) is 5.82 Å². The van der Waals surface area contributed by atoms with Gasteiger partial charge in [0.15, 0.2) is 0 Å². The number of aromatic nitrogens is 1. The van der Waals surface area contributed by atoms with Gasteiger partial charge in [0.1, 0.15) is 17.5 Å². The van der Waals surface area contributed by atoms with Crippen LogP contribution < -0.4 is 5.32 Å². The highest BCUT2D eigenvalue weighted by Gasteiger charge is 2.09. The highest BCUT2D eigenvalue weighted by atomic mass is 19.1. The molecule has 0 aliphatic rings. The number of carbonyl (C=O) groups is 1. The molecule has 0 bridgehead atoms. The van der Waals surface area contributed by atoms with E-state index in [1.165, 1.54) is 12.3 Å². The zero-order valence-corrected chi connectivity index (χ0v) is 9.36. The number of halogens is 2. The highest BCUT2D eigenvalue weighted by Crippen LogP contribution is 2.11. The maximum atomic E-state index is 13.3. The average Bonchev–Trinajstić information content (AvgIpc) is 2.34. The van der Waals surface area contributed by atoms with E-state index < -0.39 is 17.5 Å². The van der Waals surface area contributed by atoms with Crippen molar-refractivity contribution in [3.05, 3.63) is 59.8 Å². The van der Waals surface area contributed by atoms with Crippen LogP contribution in [0, 0.1) is 11.6 Å². The number of carbonyl (C=O) groups excluding carboxylic acids is 1. The third kappa shape index (κ3) is 3.10. The summed E-state index contributed by atoms with van der Waals surface area (Å²) in [7, 11) is 0. The van der Waals surface area contributed by atoms with Gasteiger partial charge >= 0.3 is 0 Å². The first-order valence-electron chi connectivity index (χ1n) is 5.30. The Morgan fingerprint density at radius 3 is 2.72 bits per heavy atom. The average molecular weight is 248 g/mol. The van der Waals surface area contributed by atoms with Crippen molar-refractivity contribution in [3.63, 3.8) is 0 Å². The molecule has 0 saturated heterocycles. The predicted molar refractivity (Wildman–Crippen MR) is 62.9 cm³/mol.